The number of hydrogen-bond acceptors (Lipinski definition) is 4. The minimum Gasteiger partial charge on any atom is -0.350 e. The predicted molar refractivity (Wildman–Crippen MR) is 87.0 cm³/mol. The van der Waals surface area contributed by atoms with Crippen molar-refractivity contribution in [3.05, 3.63) is 34.9 Å². The molecule has 8 heteroatoms. The lowest BCUT2D eigenvalue weighted by atomic mass is 10.2. The zero-order valence-corrected chi connectivity index (χ0v) is 14.0. The van der Waals surface area contributed by atoms with Gasteiger partial charge in [-0.25, -0.2) is 9.69 Å². The molecule has 0 atom stereocenters. The minimum absolute atomic E-state index is 0.169. The molecule has 1 aliphatic heterocycles. The van der Waals surface area contributed by atoms with Crippen molar-refractivity contribution < 1.29 is 19.2 Å². The molecule has 7 nitrogen and oxygen atoms in total. The van der Waals surface area contributed by atoms with Crippen molar-refractivity contribution >= 4 is 35.4 Å². The van der Waals surface area contributed by atoms with Crippen molar-refractivity contribution in [2.45, 2.75) is 26.3 Å². The van der Waals surface area contributed by atoms with Crippen LogP contribution in [-0.2, 0) is 20.9 Å². The van der Waals surface area contributed by atoms with Crippen molar-refractivity contribution in [2.24, 2.45) is 0 Å². The second kappa shape index (κ2) is 7.92. The van der Waals surface area contributed by atoms with Crippen LogP contribution in [0.5, 0.6) is 0 Å². The van der Waals surface area contributed by atoms with E-state index in [1.807, 2.05) is 6.92 Å². The standard InChI is InChI=1S/C16H18ClN3O4/c1-2-3-8-19-14(22)15(23)20(16(19)24)10-13(21)18-9-11-6-4-5-7-12(11)17/h4-7H,2-3,8-10H2,1H3,(H,18,21). The van der Waals surface area contributed by atoms with Gasteiger partial charge in [0.2, 0.25) is 5.91 Å². The summed E-state index contributed by atoms with van der Waals surface area (Å²) < 4.78 is 0. The Morgan fingerprint density at radius 1 is 1.12 bits per heavy atom. The van der Waals surface area contributed by atoms with Crippen molar-refractivity contribution in [2.75, 3.05) is 13.1 Å². The molecular weight excluding hydrogens is 334 g/mol. The van der Waals surface area contributed by atoms with E-state index in [0.29, 0.717) is 21.9 Å². The normalized spacial score (nSPS) is 14.5. The van der Waals surface area contributed by atoms with Gasteiger partial charge in [0.25, 0.3) is 0 Å². The van der Waals surface area contributed by atoms with Crippen LogP contribution in [0.1, 0.15) is 25.3 Å². The third-order valence-corrected chi connectivity index (χ3v) is 3.97. The molecule has 24 heavy (non-hydrogen) atoms. The number of urea groups is 1. The summed E-state index contributed by atoms with van der Waals surface area (Å²) in [6.07, 6.45) is 1.39. The van der Waals surface area contributed by atoms with E-state index < -0.39 is 30.3 Å². The van der Waals surface area contributed by atoms with Gasteiger partial charge in [-0.15, -0.1) is 0 Å². The van der Waals surface area contributed by atoms with Crippen molar-refractivity contribution in [1.82, 2.24) is 15.1 Å². The number of halogens is 1. The third kappa shape index (κ3) is 3.91. The first kappa shape index (κ1) is 17.9. The molecule has 1 aliphatic rings. The van der Waals surface area contributed by atoms with Crippen LogP contribution >= 0.6 is 11.6 Å². The van der Waals surface area contributed by atoms with Gasteiger partial charge in [-0.1, -0.05) is 43.1 Å². The maximum atomic E-state index is 12.1. The molecule has 0 spiro atoms. The number of nitrogens with one attached hydrogen (secondary N) is 1. The number of hydrogen-bond donors (Lipinski definition) is 1. The van der Waals surface area contributed by atoms with Gasteiger partial charge in [-0.2, -0.15) is 0 Å². The van der Waals surface area contributed by atoms with E-state index in [1.54, 1.807) is 24.3 Å². The summed E-state index contributed by atoms with van der Waals surface area (Å²) in [6.45, 7) is 1.77. The quantitative estimate of drug-likeness (QED) is 0.596. The molecule has 0 bridgehead atoms. The fraction of sp³-hybridized carbons (Fsp3) is 0.375. The first-order valence-corrected chi connectivity index (χ1v) is 8.01. The Labute approximate surface area is 144 Å². The van der Waals surface area contributed by atoms with Crippen LogP contribution in [0.15, 0.2) is 24.3 Å². The zero-order valence-electron chi connectivity index (χ0n) is 13.3. The van der Waals surface area contributed by atoms with Crippen LogP contribution in [0.4, 0.5) is 4.79 Å². The van der Waals surface area contributed by atoms with Crippen molar-refractivity contribution in [3.63, 3.8) is 0 Å². The summed E-state index contributed by atoms with van der Waals surface area (Å²) in [4.78, 5) is 49.3. The molecule has 0 saturated carbocycles. The zero-order chi connectivity index (χ0) is 17.7. The molecule has 128 valence electrons. The number of nitrogens with zero attached hydrogens (tertiary/aromatic N) is 2. The molecule has 1 N–H and O–H groups in total. The molecule has 5 amide bonds. The van der Waals surface area contributed by atoms with Gasteiger partial charge in [0.15, 0.2) is 0 Å². The highest BCUT2D eigenvalue weighted by atomic mass is 35.5. The van der Waals surface area contributed by atoms with Crippen LogP contribution in [-0.4, -0.2) is 46.6 Å². The van der Waals surface area contributed by atoms with Gasteiger partial charge >= 0.3 is 17.8 Å². The van der Waals surface area contributed by atoms with E-state index in [9.17, 15) is 19.2 Å². The second-order valence-corrected chi connectivity index (χ2v) is 5.76. The number of unbranched alkanes of at least 4 members (excludes halogenated alkanes) is 1. The summed E-state index contributed by atoms with van der Waals surface area (Å²) in [7, 11) is 0. The molecular formula is C16H18ClN3O4. The van der Waals surface area contributed by atoms with E-state index in [1.165, 1.54) is 0 Å². The fourth-order valence-electron chi connectivity index (χ4n) is 2.24. The Morgan fingerprint density at radius 3 is 2.46 bits per heavy atom. The van der Waals surface area contributed by atoms with Gasteiger partial charge in [0.05, 0.1) is 0 Å². The summed E-state index contributed by atoms with van der Waals surface area (Å²) in [5.41, 5.74) is 0.715. The first-order valence-electron chi connectivity index (χ1n) is 7.63. The lowest BCUT2D eigenvalue weighted by Crippen LogP contribution is -2.41. The lowest BCUT2D eigenvalue weighted by Gasteiger charge is -2.15. The molecule has 2 rings (SSSR count). The van der Waals surface area contributed by atoms with Crippen LogP contribution < -0.4 is 5.32 Å². The molecule has 1 aromatic rings. The monoisotopic (exact) mass is 351 g/mol. The maximum absolute atomic E-state index is 12.1. The van der Waals surface area contributed by atoms with E-state index in [2.05, 4.69) is 5.32 Å². The SMILES string of the molecule is CCCCN1C(=O)C(=O)N(CC(=O)NCc2ccccc2Cl)C1=O. The lowest BCUT2D eigenvalue weighted by molar-refractivity contribution is -0.144. The molecule has 0 unspecified atom stereocenters. The van der Waals surface area contributed by atoms with E-state index in [0.717, 1.165) is 11.3 Å². The minimum atomic E-state index is -0.969. The number of rotatable bonds is 7. The topological polar surface area (TPSA) is 86.8 Å². The number of carbonyl (C=O) groups excluding carboxylic acids is 4. The first-order chi connectivity index (χ1) is 11.5. The number of benzene rings is 1. The van der Waals surface area contributed by atoms with Crippen LogP contribution in [0, 0.1) is 0 Å². The average Bonchev–Trinajstić information content (AvgIpc) is 2.76. The third-order valence-electron chi connectivity index (χ3n) is 3.61. The van der Waals surface area contributed by atoms with E-state index >= 15 is 0 Å². The Bertz CT molecular complexity index is 677. The summed E-state index contributed by atoms with van der Waals surface area (Å²) in [6, 6.07) is 6.26. The van der Waals surface area contributed by atoms with Crippen molar-refractivity contribution in [3.8, 4) is 0 Å². The van der Waals surface area contributed by atoms with Crippen LogP contribution in [0.2, 0.25) is 5.02 Å². The van der Waals surface area contributed by atoms with Crippen LogP contribution in [0.25, 0.3) is 0 Å². The number of amides is 5. The molecule has 0 aliphatic carbocycles. The maximum Gasteiger partial charge on any atom is 0.334 e. The molecule has 0 aromatic heterocycles. The summed E-state index contributed by atoms with van der Waals surface area (Å²) in [5, 5.41) is 3.09. The highest BCUT2D eigenvalue weighted by Crippen LogP contribution is 2.15. The highest BCUT2D eigenvalue weighted by molar-refractivity contribution is 6.45. The van der Waals surface area contributed by atoms with Crippen molar-refractivity contribution in [1.29, 1.82) is 0 Å². The smallest absolute Gasteiger partial charge is 0.334 e. The van der Waals surface area contributed by atoms with Gasteiger partial charge in [0.1, 0.15) is 6.54 Å². The average molecular weight is 352 g/mol. The number of carbonyl (C=O) groups is 4. The molecule has 1 heterocycles. The van der Waals surface area contributed by atoms with Gasteiger partial charge < -0.3 is 5.32 Å². The summed E-state index contributed by atoms with van der Waals surface area (Å²) in [5.74, 6) is -2.39. The Hall–Kier alpha value is -2.41. The largest absolute Gasteiger partial charge is 0.350 e. The fourth-order valence-corrected chi connectivity index (χ4v) is 2.44. The molecule has 0 radical (unpaired) electrons. The van der Waals surface area contributed by atoms with E-state index in [4.69, 9.17) is 11.6 Å². The Morgan fingerprint density at radius 2 is 1.79 bits per heavy atom. The Kier molecular flexibility index (Phi) is 5.92. The molecule has 1 aromatic carbocycles. The van der Waals surface area contributed by atoms with Gasteiger partial charge in [-0.3, -0.25) is 19.3 Å². The van der Waals surface area contributed by atoms with Gasteiger partial charge in [-0.05, 0) is 18.1 Å². The number of imide groups is 2. The second-order valence-electron chi connectivity index (χ2n) is 5.35. The predicted octanol–water partition coefficient (Wildman–Crippen LogP) is 1.55. The highest BCUT2D eigenvalue weighted by Gasteiger charge is 2.44. The van der Waals surface area contributed by atoms with Gasteiger partial charge in [0, 0.05) is 18.1 Å². The molecule has 1 saturated heterocycles. The van der Waals surface area contributed by atoms with E-state index in [-0.39, 0.29) is 13.1 Å². The Balaban J connectivity index is 1.93. The molecule has 1 fully saturated rings. The van der Waals surface area contributed by atoms with Crippen LogP contribution in [0.3, 0.4) is 0 Å². The summed E-state index contributed by atoms with van der Waals surface area (Å²) >= 11 is 5.99.